The van der Waals surface area contributed by atoms with Crippen molar-refractivity contribution in [3.8, 4) is 17.1 Å². The van der Waals surface area contributed by atoms with Crippen LogP contribution in [0.3, 0.4) is 0 Å². The Morgan fingerprint density at radius 1 is 0.977 bits per heavy atom. The van der Waals surface area contributed by atoms with Crippen LogP contribution in [0.1, 0.15) is 58.9 Å². The summed E-state index contributed by atoms with van der Waals surface area (Å²) in [5, 5.41) is 3.19. The molecule has 5 rings (SSSR count). The Morgan fingerprint density at radius 3 is 2.32 bits per heavy atom. The molecule has 1 amide bonds. The molecule has 1 saturated carbocycles. The van der Waals surface area contributed by atoms with Crippen LogP contribution in [0.15, 0.2) is 54.6 Å². The zero-order valence-electron chi connectivity index (χ0n) is 24.6. The summed E-state index contributed by atoms with van der Waals surface area (Å²) in [6, 6.07) is 11.7. The smallest absolute Gasteiger partial charge is 0.344 e. The van der Waals surface area contributed by atoms with Gasteiger partial charge < -0.3 is 19.4 Å². The molecule has 1 aliphatic rings. The fraction of sp³-hybridized carbons (Fsp3) is 0.364. The fourth-order valence-electron chi connectivity index (χ4n) is 5.57. The lowest BCUT2D eigenvalue weighted by atomic mass is 9.83. The molecule has 4 aromatic rings. The zero-order chi connectivity index (χ0) is 31.6. The van der Waals surface area contributed by atoms with Crippen LogP contribution in [0, 0.1) is 23.4 Å². The molecule has 232 valence electrons. The first kappa shape index (κ1) is 31.4. The van der Waals surface area contributed by atoms with Gasteiger partial charge in [-0.15, -0.1) is 0 Å². The van der Waals surface area contributed by atoms with E-state index in [0.29, 0.717) is 29.3 Å². The summed E-state index contributed by atoms with van der Waals surface area (Å²) in [4.78, 5) is 30.7. The number of nitrogens with one attached hydrogen (secondary N) is 1. The van der Waals surface area contributed by atoms with Crippen molar-refractivity contribution in [3.05, 3.63) is 77.1 Å². The molecule has 11 heteroatoms. The van der Waals surface area contributed by atoms with E-state index in [1.165, 1.54) is 12.1 Å². The number of carbonyl (C=O) groups is 2. The van der Waals surface area contributed by atoms with Crippen molar-refractivity contribution in [3.63, 3.8) is 0 Å². The van der Waals surface area contributed by atoms with Gasteiger partial charge in [0.25, 0.3) is 0 Å². The molecular formula is C33H33ClF3N3O4. The Morgan fingerprint density at radius 2 is 1.66 bits per heavy atom. The van der Waals surface area contributed by atoms with Crippen molar-refractivity contribution in [1.82, 2.24) is 9.55 Å². The van der Waals surface area contributed by atoms with E-state index in [1.54, 1.807) is 49.6 Å². The maximum Gasteiger partial charge on any atom is 0.344 e. The summed E-state index contributed by atoms with van der Waals surface area (Å²) in [5.74, 6) is -3.80. The third-order valence-electron chi connectivity index (χ3n) is 7.45. The predicted octanol–water partition coefficient (Wildman–Crippen LogP) is 8.25. The van der Waals surface area contributed by atoms with Crippen molar-refractivity contribution >= 4 is 40.2 Å². The second-order valence-corrected chi connectivity index (χ2v) is 12.4. The lowest BCUT2D eigenvalue weighted by Gasteiger charge is -2.32. The van der Waals surface area contributed by atoms with Gasteiger partial charge in [0.05, 0.1) is 16.7 Å². The minimum Gasteiger partial charge on any atom is -0.482 e. The number of nitrogens with zero attached hydrogens (tertiary/aromatic N) is 2. The van der Waals surface area contributed by atoms with Crippen LogP contribution in [-0.2, 0) is 14.3 Å². The Kier molecular flexibility index (Phi) is 9.20. The summed E-state index contributed by atoms with van der Waals surface area (Å²) in [6.45, 7) is 4.76. The number of imidazole rings is 1. The summed E-state index contributed by atoms with van der Waals surface area (Å²) < 4.78 is 56.4. The van der Waals surface area contributed by atoms with E-state index < -0.39 is 47.6 Å². The van der Waals surface area contributed by atoms with Crippen LogP contribution in [0.2, 0.25) is 5.02 Å². The minimum absolute atomic E-state index is 0.0818. The first-order valence-electron chi connectivity index (χ1n) is 14.5. The average molecular weight is 628 g/mol. The van der Waals surface area contributed by atoms with E-state index in [-0.39, 0.29) is 28.4 Å². The third kappa shape index (κ3) is 7.18. The monoisotopic (exact) mass is 627 g/mol. The van der Waals surface area contributed by atoms with Crippen LogP contribution < -0.4 is 10.1 Å². The van der Waals surface area contributed by atoms with Gasteiger partial charge in [-0.25, -0.2) is 22.9 Å². The highest BCUT2D eigenvalue weighted by Gasteiger charge is 2.35. The maximum absolute atomic E-state index is 15.3. The number of amides is 1. The molecule has 1 atom stereocenters. The van der Waals surface area contributed by atoms with Crippen LogP contribution in [0.4, 0.5) is 18.9 Å². The molecule has 0 saturated heterocycles. The molecule has 0 aliphatic heterocycles. The lowest BCUT2D eigenvalue weighted by molar-refractivity contribution is -0.157. The summed E-state index contributed by atoms with van der Waals surface area (Å²) in [7, 11) is 0. The van der Waals surface area contributed by atoms with Crippen molar-refractivity contribution in [1.29, 1.82) is 0 Å². The number of aromatic nitrogens is 2. The van der Waals surface area contributed by atoms with Gasteiger partial charge in [-0.05, 0) is 75.9 Å². The van der Waals surface area contributed by atoms with Crippen LogP contribution >= 0.6 is 11.6 Å². The Labute approximate surface area is 258 Å². The Balaban J connectivity index is 1.50. The number of hydrogen-bond acceptors (Lipinski definition) is 5. The molecule has 3 aromatic carbocycles. The molecule has 1 aliphatic carbocycles. The first-order valence-corrected chi connectivity index (χ1v) is 14.9. The molecule has 1 heterocycles. The summed E-state index contributed by atoms with van der Waals surface area (Å²) in [5.41, 5.74) is 0.224. The van der Waals surface area contributed by atoms with E-state index >= 15 is 4.39 Å². The molecular weight excluding hydrogens is 595 g/mol. The number of benzene rings is 3. The van der Waals surface area contributed by atoms with Gasteiger partial charge >= 0.3 is 5.97 Å². The number of anilines is 1. The number of halogens is 4. The van der Waals surface area contributed by atoms with Crippen molar-refractivity contribution in [2.24, 2.45) is 5.92 Å². The van der Waals surface area contributed by atoms with E-state index in [1.807, 2.05) is 0 Å². The Hall–Kier alpha value is -4.05. The van der Waals surface area contributed by atoms with E-state index in [0.717, 1.165) is 37.5 Å². The zero-order valence-corrected chi connectivity index (χ0v) is 25.4. The highest BCUT2D eigenvalue weighted by molar-refractivity contribution is 6.30. The number of esters is 1. The third-order valence-corrected chi connectivity index (χ3v) is 7.70. The standard InChI is InChI=1S/C33H33ClF3N3O4/c1-33(2,3)44-29(41)18-43-22-13-14-26(25(37)15-22)39-32(42)30(19-7-5-4-6-8-19)40-28-17-24(36)23(35)16-27(28)38-31(40)20-9-11-21(34)12-10-20/h9-17,19,30H,4-8,18H2,1-3H3,(H,39,42). The molecule has 0 bridgehead atoms. The molecule has 1 unspecified atom stereocenters. The SMILES string of the molecule is CC(C)(C)OC(=O)COc1ccc(NC(=O)C(C2CCCCC2)n2c(-c3ccc(Cl)cc3)nc3cc(F)c(F)cc32)c(F)c1. The highest BCUT2D eigenvalue weighted by atomic mass is 35.5. The number of ether oxygens (including phenoxy) is 2. The first-order chi connectivity index (χ1) is 20.9. The van der Waals surface area contributed by atoms with Crippen molar-refractivity contribution in [2.45, 2.75) is 64.5 Å². The normalized spacial score (nSPS) is 14.8. The highest BCUT2D eigenvalue weighted by Crippen LogP contribution is 2.39. The number of carbonyl (C=O) groups excluding carboxylic acids is 2. The molecule has 1 aromatic heterocycles. The topological polar surface area (TPSA) is 82.5 Å². The number of fused-ring (bicyclic) bond motifs is 1. The van der Waals surface area contributed by atoms with Gasteiger partial charge in [0, 0.05) is 28.8 Å². The summed E-state index contributed by atoms with van der Waals surface area (Å²) in [6.07, 6.45) is 4.21. The second kappa shape index (κ2) is 12.9. The van der Waals surface area contributed by atoms with Gasteiger partial charge in [-0.1, -0.05) is 30.9 Å². The second-order valence-electron chi connectivity index (χ2n) is 11.9. The van der Waals surface area contributed by atoms with Crippen LogP contribution in [-0.4, -0.2) is 33.6 Å². The quantitative estimate of drug-likeness (QED) is 0.199. The maximum atomic E-state index is 15.3. The molecule has 0 spiro atoms. The predicted molar refractivity (Wildman–Crippen MR) is 162 cm³/mol. The van der Waals surface area contributed by atoms with Gasteiger partial charge in [0.1, 0.15) is 29.0 Å². The number of hydrogen-bond donors (Lipinski definition) is 1. The largest absolute Gasteiger partial charge is 0.482 e. The van der Waals surface area contributed by atoms with Gasteiger partial charge in [0.2, 0.25) is 5.91 Å². The fourth-order valence-corrected chi connectivity index (χ4v) is 5.70. The molecule has 44 heavy (non-hydrogen) atoms. The lowest BCUT2D eigenvalue weighted by Crippen LogP contribution is -2.34. The number of rotatable bonds is 8. The molecule has 1 N–H and O–H groups in total. The van der Waals surface area contributed by atoms with Gasteiger partial charge in [0.15, 0.2) is 18.2 Å². The molecule has 0 radical (unpaired) electrons. The summed E-state index contributed by atoms with van der Waals surface area (Å²) >= 11 is 6.11. The van der Waals surface area contributed by atoms with Crippen molar-refractivity contribution in [2.75, 3.05) is 11.9 Å². The van der Waals surface area contributed by atoms with Gasteiger partial charge in [-0.2, -0.15) is 0 Å². The molecule has 7 nitrogen and oxygen atoms in total. The minimum atomic E-state index is -1.07. The van der Waals surface area contributed by atoms with Gasteiger partial charge in [-0.3, -0.25) is 4.79 Å². The average Bonchev–Trinajstić information content (AvgIpc) is 3.31. The Bertz CT molecular complexity index is 1680. The van der Waals surface area contributed by atoms with E-state index in [2.05, 4.69) is 10.3 Å². The van der Waals surface area contributed by atoms with Crippen molar-refractivity contribution < 1.29 is 32.2 Å². The van der Waals surface area contributed by atoms with E-state index in [9.17, 15) is 18.4 Å². The van der Waals surface area contributed by atoms with E-state index in [4.69, 9.17) is 21.1 Å². The van der Waals surface area contributed by atoms with Crippen LogP contribution in [0.5, 0.6) is 5.75 Å². The molecule has 1 fully saturated rings. The van der Waals surface area contributed by atoms with Crippen LogP contribution in [0.25, 0.3) is 22.4 Å².